The zero-order valence-corrected chi connectivity index (χ0v) is 17.1. The fourth-order valence-electron chi connectivity index (χ4n) is 2.19. The van der Waals surface area contributed by atoms with Crippen molar-refractivity contribution in [3.8, 4) is 10.6 Å². The van der Waals surface area contributed by atoms with Gasteiger partial charge in [-0.25, -0.2) is 0 Å². The summed E-state index contributed by atoms with van der Waals surface area (Å²) >= 11 is 2.56. The average Bonchev–Trinajstić information content (AvgIpc) is 3.21. The molecular weight excluding hydrogens is 380 g/mol. The molecule has 0 aliphatic rings. The first-order valence-corrected chi connectivity index (χ1v) is 9.99. The molecule has 0 saturated heterocycles. The van der Waals surface area contributed by atoms with Crippen LogP contribution in [0, 0.1) is 12.3 Å². The molecule has 140 valence electrons. The lowest BCUT2D eigenvalue weighted by molar-refractivity contribution is -0.123. The molecule has 2 heterocycles. The summed E-state index contributed by atoms with van der Waals surface area (Å²) in [5.41, 5.74) is 1.25. The Bertz CT molecular complexity index is 971. The molecule has 2 aromatic heterocycles. The number of thiophene rings is 1. The van der Waals surface area contributed by atoms with E-state index in [1.165, 1.54) is 22.7 Å². The van der Waals surface area contributed by atoms with E-state index in [9.17, 15) is 9.59 Å². The summed E-state index contributed by atoms with van der Waals surface area (Å²) in [6.07, 6.45) is 0. The number of aromatic nitrogens is 2. The van der Waals surface area contributed by atoms with E-state index in [-0.39, 0.29) is 11.8 Å². The van der Waals surface area contributed by atoms with Gasteiger partial charge in [-0.15, -0.1) is 21.5 Å². The Morgan fingerprint density at radius 1 is 1.00 bits per heavy atom. The van der Waals surface area contributed by atoms with Gasteiger partial charge in [0.1, 0.15) is 5.01 Å². The number of carbonyl (C=O) groups is 2. The second-order valence-corrected chi connectivity index (χ2v) is 9.09. The van der Waals surface area contributed by atoms with Crippen molar-refractivity contribution in [2.75, 3.05) is 10.6 Å². The van der Waals surface area contributed by atoms with Gasteiger partial charge in [-0.05, 0) is 18.6 Å². The molecule has 0 aliphatic heterocycles. The molecular formula is C19H20N4O2S2. The molecule has 2 amide bonds. The van der Waals surface area contributed by atoms with E-state index in [1.807, 2.05) is 58.0 Å². The lowest BCUT2D eigenvalue weighted by Gasteiger charge is -2.16. The van der Waals surface area contributed by atoms with Crippen molar-refractivity contribution in [1.82, 2.24) is 10.2 Å². The molecule has 0 unspecified atom stereocenters. The molecule has 2 N–H and O–H groups in total. The molecule has 8 heteroatoms. The number of aryl methyl sites for hydroxylation is 1. The van der Waals surface area contributed by atoms with Gasteiger partial charge in [-0.2, -0.15) is 0 Å². The van der Waals surface area contributed by atoms with E-state index in [0.717, 1.165) is 16.1 Å². The maximum Gasteiger partial charge on any atom is 0.267 e. The Kier molecular flexibility index (Phi) is 5.38. The third-order valence-electron chi connectivity index (χ3n) is 3.71. The van der Waals surface area contributed by atoms with Crippen molar-refractivity contribution in [3.63, 3.8) is 0 Å². The summed E-state index contributed by atoms with van der Waals surface area (Å²) in [4.78, 5) is 25.3. The summed E-state index contributed by atoms with van der Waals surface area (Å²) < 4.78 is 0. The summed E-state index contributed by atoms with van der Waals surface area (Å²) in [5.74, 6) is -0.350. The minimum absolute atomic E-state index is 0.0904. The molecule has 27 heavy (non-hydrogen) atoms. The van der Waals surface area contributed by atoms with E-state index in [0.29, 0.717) is 15.0 Å². The highest BCUT2D eigenvalue weighted by molar-refractivity contribution is 7.19. The number of anilines is 2. The Morgan fingerprint density at radius 3 is 2.37 bits per heavy atom. The lowest BCUT2D eigenvalue weighted by Crippen LogP contribution is -2.27. The van der Waals surface area contributed by atoms with Crippen LogP contribution in [0.15, 0.2) is 36.4 Å². The van der Waals surface area contributed by atoms with Gasteiger partial charge < -0.3 is 5.32 Å². The van der Waals surface area contributed by atoms with E-state index in [1.54, 1.807) is 6.07 Å². The number of nitrogens with one attached hydrogen (secondary N) is 2. The van der Waals surface area contributed by atoms with Crippen LogP contribution in [0.4, 0.5) is 10.1 Å². The quantitative estimate of drug-likeness (QED) is 0.658. The summed E-state index contributed by atoms with van der Waals surface area (Å²) in [6, 6.07) is 11.5. The molecule has 0 fully saturated rings. The molecule has 0 saturated carbocycles. The fourth-order valence-corrected chi connectivity index (χ4v) is 3.90. The maximum atomic E-state index is 12.6. The second kappa shape index (κ2) is 7.58. The van der Waals surface area contributed by atoms with Gasteiger partial charge in [-0.1, -0.05) is 62.4 Å². The van der Waals surface area contributed by atoms with Crippen molar-refractivity contribution >= 4 is 44.6 Å². The SMILES string of the molecule is Cc1cc(NC(=O)C(C)(C)C)sc1C(=O)Nc1nnc(-c2ccccc2)s1. The van der Waals surface area contributed by atoms with Crippen molar-refractivity contribution < 1.29 is 9.59 Å². The van der Waals surface area contributed by atoms with Crippen LogP contribution in [-0.2, 0) is 4.79 Å². The van der Waals surface area contributed by atoms with Gasteiger partial charge in [-0.3, -0.25) is 14.9 Å². The van der Waals surface area contributed by atoms with Crippen molar-refractivity contribution in [1.29, 1.82) is 0 Å². The first kappa shape index (κ1) is 19.2. The Labute approximate surface area is 165 Å². The monoisotopic (exact) mass is 400 g/mol. The predicted molar refractivity (Wildman–Crippen MR) is 110 cm³/mol. The van der Waals surface area contributed by atoms with Crippen molar-refractivity contribution in [3.05, 3.63) is 46.8 Å². The summed E-state index contributed by atoms with van der Waals surface area (Å²) in [7, 11) is 0. The van der Waals surface area contributed by atoms with E-state index in [2.05, 4.69) is 20.8 Å². The van der Waals surface area contributed by atoms with Crippen LogP contribution in [0.3, 0.4) is 0 Å². The van der Waals surface area contributed by atoms with Crippen LogP contribution < -0.4 is 10.6 Å². The first-order valence-electron chi connectivity index (χ1n) is 8.36. The van der Waals surface area contributed by atoms with Gasteiger partial charge in [0.05, 0.1) is 9.88 Å². The van der Waals surface area contributed by atoms with E-state index >= 15 is 0 Å². The highest BCUT2D eigenvalue weighted by Crippen LogP contribution is 2.30. The van der Waals surface area contributed by atoms with Gasteiger partial charge in [0.2, 0.25) is 11.0 Å². The molecule has 0 aliphatic carbocycles. The van der Waals surface area contributed by atoms with Gasteiger partial charge in [0.25, 0.3) is 5.91 Å². The number of carbonyl (C=O) groups excluding carboxylic acids is 2. The third kappa shape index (κ3) is 4.58. The first-order chi connectivity index (χ1) is 12.7. The van der Waals surface area contributed by atoms with Crippen molar-refractivity contribution in [2.45, 2.75) is 27.7 Å². The van der Waals surface area contributed by atoms with E-state index in [4.69, 9.17) is 0 Å². The van der Waals surface area contributed by atoms with Crippen LogP contribution in [-0.4, -0.2) is 22.0 Å². The van der Waals surface area contributed by atoms with Crippen LogP contribution in [0.2, 0.25) is 0 Å². The van der Waals surface area contributed by atoms with Crippen LogP contribution in [0.25, 0.3) is 10.6 Å². The number of nitrogens with zero attached hydrogens (tertiary/aromatic N) is 2. The third-order valence-corrected chi connectivity index (χ3v) is 5.75. The molecule has 0 spiro atoms. The molecule has 1 aromatic carbocycles. The van der Waals surface area contributed by atoms with Crippen molar-refractivity contribution in [2.24, 2.45) is 5.41 Å². The smallest absolute Gasteiger partial charge is 0.267 e. The van der Waals surface area contributed by atoms with Crippen LogP contribution in [0.5, 0.6) is 0 Å². The van der Waals surface area contributed by atoms with Gasteiger partial charge >= 0.3 is 0 Å². The van der Waals surface area contributed by atoms with E-state index < -0.39 is 5.41 Å². The second-order valence-electron chi connectivity index (χ2n) is 7.06. The van der Waals surface area contributed by atoms with Gasteiger partial charge in [0.15, 0.2) is 0 Å². The Hall–Kier alpha value is -2.58. The normalized spacial score (nSPS) is 11.3. The maximum absolute atomic E-state index is 12.6. The summed E-state index contributed by atoms with van der Waals surface area (Å²) in [5, 5.41) is 15.7. The van der Waals surface area contributed by atoms with Crippen LogP contribution in [0.1, 0.15) is 36.0 Å². The highest BCUT2D eigenvalue weighted by Gasteiger charge is 2.23. The van der Waals surface area contributed by atoms with Gasteiger partial charge in [0, 0.05) is 11.0 Å². The number of benzene rings is 1. The largest absolute Gasteiger partial charge is 0.317 e. The standard InChI is InChI=1S/C19H20N4O2S2/c1-11-10-13(20-17(25)19(2,3)4)26-14(11)15(24)21-18-23-22-16(27-18)12-8-6-5-7-9-12/h5-10H,1-4H3,(H,20,25)(H,21,23,24). The minimum atomic E-state index is -0.499. The predicted octanol–water partition coefficient (Wildman–Crippen LogP) is 4.81. The highest BCUT2D eigenvalue weighted by atomic mass is 32.1. The molecule has 3 aromatic rings. The number of amides is 2. The fraction of sp³-hybridized carbons (Fsp3) is 0.263. The molecule has 6 nitrogen and oxygen atoms in total. The lowest BCUT2D eigenvalue weighted by atomic mass is 9.96. The molecule has 0 atom stereocenters. The zero-order valence-electron chi connectivity index (χ0n) is 15.5. The summed E-state index contributed by atoms with van der Waals surface area (Å²) in [6.45, 7) is 7.37. The number of hydrogen-bond acceptors (Lipinski definition) is 6. The zero-order chi connectivity index (χ0) is 19.6. The molecule has 3 rings (SSSR count). The minimum Gasteiger partial charge on any atom is -0.317 e. The Morgan fingerprint density at radius 2 is 1.70 bits per heavy atom. The van der Waals surface area contributed by atoms with Crippen LogP contribution >= 0.6 is 22.7 Å². The topological polar surface area (TPSA) is 84.0 Å². The Balaban J connectivity index is 1.72. The number of hydrogen-bond donors (Lipinski definition) is 2. The number of rotatable bonds is 4. The molecule has 0 bridgehead atoms. The molecule has 0 radical (unpaired) electrons. The average molecular weight is 401 g/mol.